The first-order valence-corrected chi connectivity index (χ1v) is 4.91. The highest BCUT2D eigenvalue weighted by Gasteiger charge is 1.99. The second-order valence-electron chi connectivity index (χ2n) is 3.41. The molecule has 0 fully saturated rings. The number of rotatable bonds is 1. The topological polar surface area (TPSA) is 88.8 Å². The quantitative estimate of drug-likeness (QED) is 0.679. The van der Waals surface area contributed by atoms with Gasteiger partial charge < -0.3 is 10.7 Å². The highest BCUT2D eigenvalue weighted by atomic mass is 16.1. The summed E-state index contributed by atoms with van der Waals surface area (Å²) in [5.41, 5.74) is 6.01. The fourth-order valence-electron chi connectivity index (χ4n) is 1.38. The summed E-state index contributed by atoms with van der Waals surface area (Å²) in [6, 6.07) is 5.08. The second-order valence-corrected chi connectivity index (χ2v) is 3.41. The van der Waals surface area contributed by atoms with Gasteiger partial charge in [0.15, 0.2) is 0 Å². The van der Waals surface area contributed by atoms with E-state index in [4.69, 9.17) is 5.73 Å². The van der Waals surface area contributed by atoms with E-state index in [1.165, 1.54) is 6.33 Å². The van der Waals surface area contributed by atoms with E-state index in [0.29, 0.717) is 16.5 Å². The van der Waals surface area contributed by atoms with E-state index in [-0.39, 0.29) is 12.0 Å². The van der Waals surface area contributed by atoms with Crippen molar-refractivity contribution in [1.29, 1.82) is 0 Å². The third-order valence-corrected chi connectivity index (χ3v) is 2.14. The Morgan fingerprint density at radius 2 is 2.29 bits per heavy atom. The summed E-state index contributed by atoms with van der Waals surface area (Å²) in [6.07, 6.45) is 1.35. The van der Waals surface area contributed by atoms with Crippen LogP contribution in [0.2, 0.25) is 0 Å². The van der Waals surface area contributed by atoms with Crippen LogP contribution in [0.25, 0.3) is 10.9 Å². The van der Waals surface area contributed by atoms with Crippen molar-refractivity contribution in [2.75, 3.05) is 0 Å². The standard InChI is InChI=1S/C12H9N3O2/c13-11(16)3-1-2-8-4-5-10-9(6-8)12(17)15-7-14-10/h4-7H,3H2,(H2,13,16)(H,14,15,17). The second kappa shape index (κ2) is 4.49. The normalized spacial score (nSPS) is 9.65. The molecule has 3 N–H and O–H groups in total. The highest BCUT2D eigenvalue weighted by Crippen LogP contribution is 2.08. The van der Waals surface area contributed by atoms with E-state index < -0.39 is 5.91 Å². The first-order chi connectivity index (χ1) is 8.16. The molecule has 0 aliphatic rings. The molecule has 0 atom stereocenters. The van der Waals surface area contributed by atoms with Gasteiger partial charge in [-0.15, -0.1) is 0 Å². The van der Waals surface area contributed by atoms with Gasteiger partial charge in [0.2, 0.25) is 5.91 Å². The van der Waals surface area contributed by atoms with Crippen molar-refractivity contribution in [3.8, 4) is 11.8 Å². The molecule has 0 bridgehead atoms. The summed E-state index contributed by atoms with van der Waals surface area (Å²) in [5, 5.41) is 0.471. The monoisotopic (exact) mass is 227 g/mol. The molecule has 1 amide bonds. The number of aromatic nitrogens is 2. The van der Waals surface area contributed by atoms with Crippen molar-refractivity contribution in [3.63, 3.8) is 0 Å². The fraction of sp³-hybridized carbons (Fsp3) is 0.0833. The van der Waals surface area contributed by atoms with Gasteiger partial charge in [-0.25, -0.2) is 4.98 Å². The number of hydrogen-bond acceptors (Lipinski definition) is 3. The number of nitrogens with one attached hydrogen (secondary N) is 1. The number of aromatic amines is 1. The predicted octanol–water partition coefficient (Wildman–Crippen LogP) is 0.150. The number of nitrogens with zero attached hydrogens (tertiary/aromatic N) is 1. The van der Waals surface area contributed by atoms with Crippen molar-refractivity contribution in [2.45, 2.75) is 6.42 Å². The summed E-state index contributed by atoms with van der Waals surface area (Å²) in [4.78, 5) is 28.5. The molecular formula is C12H9N3O2. The van der Waals surface area contributed by atoms with Crippen molar-refractivity contribution in [2.24, 2.45) is 5.73 Å². The number of fused-ring (bicyclic) bond motifs is 1. The van der Waals surface area contributed by atoms with Crippen molar-refractivity contribution in [3.05, 3.63) is 40.4 Å². The molecule has 17 heavy (non-hydrogen) atoms. The molecule has 84 valence electrons. The lowest BCUT2D eigenvalue weighted by Gasteiger charge is -1.95. The molecule has 2 aromatic rings. The molecule has 0 spiro atoms. The zero-order valence-corrected chi connectivity index (χ0v) is 8.86. The van der Waals surface area contributed by atoms with Crippen molar-refractivity contribution < 1.29 is 4.79 Å². The van der Waals surface area contributed by atoms with Crippen LogP contribution in [0.3, 0.4) is 0 Å². The molecule has 0 aliphatic heterocycles. The number of carbonyl (C=O) groups excluding carboxylic acids is 1. The third-order valence-electron chi connectivity index (χ3n) is 2.14. The Kier molecular flexibility index (Phi) is 2.88. The Bertz CT molecular complexity index is 692. The zero-order valence-electron chi connectivity index (χ0n) is 8.86. The van der Waals surface area contributed by atoms with Crippen LogP contribution in [0, 0.1) is 11.8 Å². The maximum absolute atomic E-state index is 11.5. The minimum absolute atomic E-state index is 0.00142. The van der Waals surface area contributed by atoms with Crippen LogP contribution in [0.4, 0.5) is 0 Å². The van der Waals surface area contributed by atoms with E-state index >= 15 is 0 Å². The molecule has 2 rings (SSSR count). The molecule has 5 heteroatoms. The lowest BCUT2D eigenvalue weighted by atomic mass is 10.1. The van der Waals surface area contributed by atoms with Crippen LogP contribution in [0.15, 0.2) is 29.3 Å². The average molecular weight is 227 g/mol. The number of H-pyrrole nitrogens is 1. The fourth-order valence-corrected chi connectivity index (χ4v) is 1.38. The van der Waals surface area contributed by atoms with Crippen molar-refractivity contribution >= 4 is 16.8 Å². The van der Waals surface area contributed by atoms with Crippen LogP contribution >= 0.6 is 0 Å². The number of amides is 1. The van der Waals surface area contributed by atoms with Crippen molar-refractivity contribution in [1.82, 2.24) is 9.97 Å². The number of primary amides is 1. The van der Waals surface area contributed by atoms with E-state index in [1.807, 2.05) is 0 Å². The van der Waals surface area contributed by atoms with Crippen LogP contribution < -0.4 is 11.3 Å². The molecule has 0 saturated heterocycles. The van der Waals surface area contributed by atoms with Gasteiger partial charge >= 0.3 is 0 Å². The van der Waals surface area contributed by atoms with Crippen LogP contribution in [0.1, 0.15) is 12.0 Å². The smallest absolute Gasteiger partial charge is 0.258 e. The lowest BCUT2D eigenvalue weighted by molar-refractivity contribution is -0.117. The summed E-state index contributed by atoms with van der Waals surface area (Å²) in [5.74, 6) is 4.92. The molecule has 5 nitrogen and oxygen atoms in total. The summed E-state index contributed by atoms with van der Waals surface area (Å²) < 4.78 is 0. The summed E-state index contributed by atoms with van der Waals surface area (Å²) in [6.45, 7) is 0. The number of hydrogen-bond donors (Lipinski definition) is 2. The van der Waals surface area contributed by atoms with E-state index in [9.17, 15) is 9.59 Å². The zero-order chi connectivity index (χ0) is 12.3. The molecule has 1 aromatic carbocycles. The molecule has 1 heterocycles. The third kappa shape index (κ3) is 2.49. The number of nitrogens with two attached hydrogens (primary N) is 1. The van der Waals surface area contributed by atoms with E-state index in [1.54, 1.807) is 18.2 Å². The molecule has 1 aromatic heterocycles. The maximum Gasteiger partial charge on any atom is 0.258 e. The van der Waals surface area contributed by atoms with Gasteiger partial charge in [-0.2, -0.15) is 0 Å². The Labute approximate surface area is 96.7 Å². The van der Waals surface area contributed by atoms with Crippen LogP contribution in [-0.4, -0.2) is 15.9 Å². The molecule has 0 saturated carbocycles. The SMILES string of the molecule is NC(=O)CC#Cc1ccc2nc[nH]c(=O)c2c1. The molecule has 0 radical (unpaired) electrons. The van der Waals surface area contributed by atoms with Gasteiger partial charge in [0.25, 0.3) is 5.56 Å². The lowest BCUT2D eigenvalue weighted by Crippen LogP contribution is -2.08. The molecule has 0 aliphatic carbocycles. The summed E-state index contributed by atoms with van der Waals surface area (Å²) >= 11 is 0. The van der Waals surface area contributed by atoms with E-state index in [2.05, 4.69) is 21.8 Å². The predicted molar refractivity (Wildman–Crippen MR) is 63.1 cm³/mol. The average Bonchev–Trinajstić information content (AvgIpc) is 2.30. The van der Waals surface area contributed by atoms with Gasteiger partial charge in [-0.1, -0.05) is 11.8 Å². The minimum atomic E-state index is -0.474. The summed E-state index contributed by atoms with van der Waals surface area (Å²) in [7, 11) is 0. The number of carbonyl (C=O) groups is 1. The molecule has 0 unspecified atom stereocenters. The largest absolute Gasteiger partial charge is 0.369 e. The maximum atomic E-state index is 11.5. The van der Waals surface area contributed by atoms with Gasteiger partial charge in [0.05, 0.1) is 23.7 Å². The van der Waals surface area contributed by atoms with E-state index in [0.717, 1.165) is 0 Å². The van der Waals surface area contributed by atoms with Gasteiger partial charge in [0, 0.05) is 5.56 Å². The highest BCUT2D eigenvalue weighted by molar-refractivity contribution is 5.79. The Balaban J connectivity index is 2.43. The Hall–Kier alpha value is -2.61. The first kappa shape index (κ1) is 10.9. The number of benzene rings is 1. The first-order valence-electron chi connectivity index (χ1n) is 4.91. The van der Waals surface area contributed by atoms with Crippen LogP contribution in [0.5, 0.6) is 0 Å². The van der Waals surface area contributed by atoms with Gasteiger partial charge in [-0.3, -0.25) is 9.59 Å². The van der Waals surface area contributed by atoms with Gasteiger partial charge in [-0.05, 0) is 18.2 Å². The van der Waals surface area contributed by atoms with Gasteiger partial charge in [0.1, 0.15) is 0 Å². The Morgan fingerprint density at radius 1 is 1.47 bits per heavy atom. The minimum Gasteiger partial charge on any atom is -0.369 e. The Morgan fingerprint density at radius 3 is 3.06 bits per heavy atom. The molecular weight excluding hydrogens is 218 g/mol. The van der Waals surface area contributed by atoms with Crippen LogP contribution in [-0.2, 0) is 4.79 Å².